The zero-order valence-electron chi connectivity index (χ0n) is 7.29. The lowest BCUT2D eigenvalue weighted by Crippen LogP contribution is -2.26. The lowest BCUT2D eigenvalue weighted by molar-refractivity contribution is -0.0587. The Labute approximate surface area is 68.0 Å². The van der Waals surface area contributed by atoms with Crippen molar-refractivity contribution in [1.82, 2.24) is 0 Å². The molecule has 11 heavy (non-hydrogen) atoms. The molecule has 0 saturated heterocycles. The number of ether oxygens (including phenoxy) is 1. The normalized spacial score (nSPS) is 13.9. The number of hydrogen-bond acceptors (Lipinski definition) is 3. The molecule has 0 aliphatic rings. The fourth-order valence-electron chi connectivity index (χ4n) is 0.947. The van der Waals surface area contributed by atoms with Gasteiger partial charge in [0.15, 0.2) is 0 Å². The summed E-state index contributed by atoms with van der Waals surface area (Å²) in [7, 11) is 0. The van der Waals surface area contributed by atoms with Gasteiger partial charge in [0.25, 0.3) is 0 Å². The molecule has 0 heterocycles. The van der Waals surface area contributed by atoms with Crippen LogP contribution in [0.4, 0.5) is 0 Å². The average Bonchev–Trinajstić information content (AvgIpc) is 2.01. The predicted octanol–water partition coefficient (Wildman–Crippen LogP) is 0.545. The lowest BCUT2D eigenvalue weighted by atomic mass is 10.2. The highest BCUT2D eigenvalue weighted by Gasteiger charge is 2.09. The molecule has 0 radical (unpaired) electrons. The van der Waals surface area contributed by atoms with Gasteiger partial charge in [-0.2, -0.15) is 0 Å². The highest BCUT2D eigenvalue weighted by atomic mass is 16.5. The van der Waals surface area contributed by atoms with Gasteiger partial charge in [0.2, 0.25) is 0 Å². The van der Waals surface area contributed by atoms with Crippen molar-refractivity contribution in [1.29, 1.82) is 0 Å². The van der Waals surface area contributed by atoms with Crippen LogP contribution in [0.5, 0.6) is 0 Å². The smallest absolute Gasteiger partial charge is 0.104 e. The Morgan fingerprint density at radius 3 is 2.18 bits per heavy atom. The summed E-state index contributed by atoms with van der Waals surface area (Å²) in [5, 5.41) is 17.3. The summed E-state index contributed by atoms with van der Waals surface area (Å²) in [5.74, 6) is 0. The molecule has 0 spiro atoms. The third-order valence-electron chi connectivity index (χ3n) is 1.53. The minimum Gasteiger partial charge on any atom is -0.394 e. The van der Waals surface area contributed by atoms with Gasteiger partial charge < -0.3 is 14.9 Å². The van der Waals surface area contributed by atoms with Gasteiger partial charge in [-0.15, -0.1) is 0 Å². The zero-order chi connectivity index (χ0) is 8.69. The Bertz CT molecular complexity index is 81.4. The van der Waals surface area contributed by atoms with Crippen LogP contribution in [0.2, 0.25) is 0 Å². The van der Waals surface area contributed by atoms with E-state index < -0.39 is 6.10 Å². The van der Waals surface area contributed by atoms with E-state index in [-0.39, 0.29) is 19.3 Å². The molecule has 68 valence electrons. The van der Waals surface area contributed by atoms with Gasteiger partial charge in [0, 0.05) is 0 Å². The van der Waals surface area contributed by atoms with Crippen LogP contribution in [-0.4, -0.2) is 35.6 Å². The SMILES string of the molecule is CCCC(C)OC(CO)CO. The molecule has 3 nitrogen and oxygen atoms in total. The second-order valence-corrected chi connectivity index (χ2v) is 2.72. The van der Waals surface area contributed by atoms with E-state index in [4.69, 9.17) is 14.9 Å². The lowest BCUT2D eigenvalue weighted by Gasteiger charge is -2.18. The minimum atomic E-state index is -0.406. The first-order valence-corrected chi connectivity index (χ1v) is 4.11. The van der Waals surface area contributed by atoms with Crippen LogP contribution in [0, 0.1) is 0 Å². The summed E-state index contributed by atoms with van der Waals surface area (Å²) >= 11 is 0. The monoisotopic (exact) mass is 162 g/mol. The molecule has 0 rings (SSSR count). The van der Waals surface area contributed by atoms with Crippen molar-refractivity contribution in [3.63, 3.8) is 0 Å². The molecule has 0 aromatic heterocycles. The van der Waals surface area contributed by atoms with Crippen LogP contribution in [0.3, 0.4) is 0 Å². The molecule has 1 unspecified atom stereocenters. The Balaban J connectivity index is 3.44. The molecular formula is C8H18O3. The van der Waals surface area contributed by atoms with Crippen molar-refractivity contribution in [3.05, 3.63) is 0 Å². The molecule has 0 aromatic carbocycles. The number of aliphatic hydroxyl groups excluding tert-OH is 2. The topological polar surface area (TPSA) is 49.7 Å². The molecule has 0 amide bonds. The van der Waals surface area contributed by atoms with Crippen LogP contribution in [0.15, 0.2) is 0 Å². The molecule has 0 aliphatic carbocycles. The van der Waals surface area contributed by atoms with Crippen molar-refractivity contribution in [3.8, 4) is 0 Å². The molecule has 2 N–H and O–H groups in total. The molecule has 0 saturated carbocycles. The first-order chi connectivity index (χ1) is 5.24. The summed E-state index contributed by atoms with van der Waals surface area (Å²) in [6, 6.07) is 0. The third kappa shape index (κ3) is 5.18. The molecule has 0 bridgehead atoms. The van der Waals surface area contributed by atoms with E-state index in [1.165, 1.54) is 0 Å². The van der Waals surface area contributed by atoms with Gasteiger partial charge in [0.05, 0.1) is 19.3 Å². The van der Waals surface area contributed by atoms with Crippen LogP contribution < -0.4 is 0 Å². The third-order valence-corrected chi connectivity index (χ3v) is 1.53. The quantitative estimate of drug-likeness (QED) is 0.599. The second-order valence-electron chi connectivity index (χ2n) is 2.72. The fraction of sp³-hybridized carbons (Fsp3) is 1.00. The molecule has 0 fully saturated rings. The van der Waals surface area contributed by atoms with Gasteiger partial charge in [-0.3, -0.25) is 0 Å². The van der Waals surface area contributed by atoms with Gasteiger partial charge in [0.1, 0.15) is 6.10 Å². The van der Waals surface area contributed by atoms with E-state index in [2.05, 4.69) is 6.92 Å². The predicted molar refractivity (Wildman–Crippen MR) is 43.4 cm³/mol. The number of hydrogen-bond donors (Lipinski definition) is 2. The minimum absolute atomic E-state index is 0.107. The van der Waals surface area contributed by atoms with Gasteiger partial charge in [-0.05, 0) is 13.3 Å². The molecule has 0 aromatic rings. The summed E-state index contributed by atoms with van der Waals surface area (Å²) in [6.07, 6.45) is 1.75. The summed E-state index contributed by atoms with van der Waals surface area (Å²) in [5.41, 5.74) is 0. The van der Waals surface area contributed by atoms with Crippen LogP contribution in [0.1, 0.15) is 26.7 Å². The molecule has 1 atom stereocenters. The van der Waals surface area contributed by atoms with Crippen LogP contribution in [-0.2, 0) is 4.74 Å². The van der Waals surface area contributed by atoms with E-state index >= 15 is 0 Å². The van der Waals surface area contributed by atoms with E-state index in [1.54, 1.807) is 0 Å². The summed E-state index contributed by atoms with van der Waals surface area (Å²) < 4.78 is 5.29. The largest absolute Gasteiger partial charge is 0.394 e. The van der Waals surface area contributed by atoms with E-state index in [0.29, 0.717) is 0 Å². The Kier molecular flexibility index (Phi) is 6.51. The number of aliphatic hydroxyl groups is 2. The first kappa shape index (κ1) is 10.9. The van der Waals surface area contributed by atoms with Gasteiger partial charge in [-0.1, -0.05) is 13.3 Å². The Morgan fingerprint density at radius 1 is 1.27 bits per heavy atom. The molecule has 3 heteroatoms. The highest BCUT2D eigenvalue weighted by Crippen LogP contribution is 2.03. The maximum Gasteiger partial charge on any atom is 0.104 e. The standard InChI is InChI=1S/C8H18O3/c1-3-4-7(2)11-8(5-9)6-10/h7-10H,3-6H2,1-2H3. The Morgan fingerprint density at radius 2 is 1.82 bits per heavy atom. The Hall–Kier alpha value is -0.120. The average molecular weight is 162 g/mol. The van der Waals surface area contributed by atoms with Gasteiger partial charge >= 0.3 is 0 Å². The van der Waals surface area contributed by atoms with E-state index in [9.17, 15) is 0 Å². The van der Waals surface area contributed by atoms with Crippen molar-refractivity contribution in [2.45, 2.75) is 38.9 Å². The van der Waals surface area contributed by atoms with Crippen LogP contribution in [0.25, 0.3) is 0 Å². The maximum absolute atomic E-state index is 8.66. The van der Waals surface area contributed by atoms with Crippen molar-refractivity contribution < 1.29 is 14.9 Å². The van der Waals surface area contributed by atoms with E-state index in [1.807, 2.05) is 6.92 Å². The fourth-order valence-corrected chi connectivity index (χ4v) is 0.947. The van der Waals surface area contributed by atoms with Crippen molar-refractivity contribution >= 4 is 0 Å². The highest BCUT2D eigenvalue weighted by molar-refractivity contribution is 4.56. The van der Waals surface area contributed by atoms with Crippen LogP contribution >= 0.6 is 0 Å². The number of rotatable bonds is 6. The van der Waals surface area contributed by atoms with Gasteiger partial charge in [-0.25, -0.2) is 0 Å². The first-order valence-electron chi connectivity index (χ1n) is 4.11. The summed E-state index contributed by atoms with van der Waals surface area (Å²) in [4.78, 5) is 0. The van der Waals surface area contributed by atoms with E-state index in [0.717, 1.165) is 12.8 Å². The zero-order valence-corrected chi connectivity index (χ0v) is 7.29. The van der Waals surface area contributed by atoms with Crippen molar-refractivity contribution in [2.24, 2.45) is 0 Å². The van der Waals surface area contributed by atoms with Crippen molar-refractivity contribution in [2.75, 3.05) is 13.2 Å². The second kappa shape index (κ2) is 6.58. The molecule has 0 aliphatic heterocycles. The maximum atomic E-state index is 8.66. The molecular weight excluding hydrogens is 144 g/mol. The summed E-state index contributed by atoms with van der Waals surface area (Å²) in [6.45, 7) is 3.81.